The minimum absolute atomic E-state index is 0.104. The summed E-state index contributed by atoms with van der Waals surface area (Å²) < 4.78 is 0. The van der Waals surface area contributed by atoms with Gasteiger partial charge in [-0.1, -0.05) is 42.5 Å². The molecule has 0 spiro atoms. The van der Waals surface area contributed by atoms with Gasteiger partial charge < -0.3 is 0 Å². The van der Waals surface area contributed by atoms with E-state index in [1.807, 2.05) is 30.3 Å². The van der Waals surface area contributed by atoms with Crippen LogP contribution in [0.4, 0.5) is 10.5 Å². The standard InChI is InChI=1S/C17H12N2O4S/c20-16-15(10-13-8-4-5-9-14(13)19(22)23)24-17(21)18(16)11-12-6-2-1-3-7-12/h1-10H,11H2/b15-10+. The highest BCUT2D eigenvalue weighted by molar-refractivity contribution is 8.18. The Kier molecular flexibility index (Phi) is 4.43. The number of hydrogen-bond acceptors (Lipinski definition) is 5. The molecule has 7 heteroatoms. The van der Waals surface area contributed by atoms with Gasteiger partial charge in [0.25, 0.3) is 16.8 Å². The maximum atomic E-state index is 12.5. The number of carbonyl (C=O) groups excluding carboxylic acids is 2. The van der Waals surface area contributed by atoms with Gasteiger partial charge in [-0.3, -0.25) is 24.6 Å². The molecule has 0 aromatic heterocycles. The van der Waals surface area contributed by atoms with E-state index in [4.69, 9.17) is 0 Å². The molecule has 2 aromatic rings. The average molecular weight is 340 g/mol. The largest absolute Gasteiger partial charge is 0.293 e. The molecule has 0 saturated carbocycles. The summed E-state index contributed by atoms with van der Waals surface area (Å²) in [5.74, 6) is -0.438. The number of nitro groups is 1. The van der Waals surface area contributed by atoms with Crippen molar-refractivity contribution < 1.29 is 14.5 Å². The van der Waals surface area contributed by atoms with Crippen molar-refractivity contribution in [2.24, 2.45) is 0 Å². The van der Waals surface area contributed by atoms with Gasteiger partial charge in [-0.15, -0.1) is 0 Å². The molecule has 0 N–H and O–H groups in total. The number of benzene rings is 2. The van der Waals surface area contributed by atoms with Gasteiger partial charge in [-0.25, -0.2) is 0 Å². The molecule has 24 heavy (non-hydrogen) atoms. The van der Waals surface area contributed by atoms with Crippen molar-refractivity contribution in [2.75, 3.05) is 0 Å². The Labute approximate surface area is 141 Å². The number of amides is 2. The third kappa shape index (κ3) is 3.21. The molecular formula is C17H12N2O4S. The molecule has 0 radical (unpaired) electrons. The number of imide groups is 1. The van der Waals surface area contributed by atoms with Crippen LogP contribution in [-0.2, 0) is 11.3 Å². The normalized spacial score (nSPS) is 16.0. The molecule has 1 aliphatic heterocycles. The van der Waals surface area contributed by atoms with Gasteiger partial charge in [0.2, 0.25) is 0 Å². The van der Waals surface area contributed by atoms with Gasteiger partial charge in [0, 0.05) is 6.07 Å². The number of thioether (sulfide) groups is 1. The Morgan fingerprint density at radius 1 is 1.04 bits per heavy atom. The molecule has 6 nitrogen and oxygen atoms in total. The second kappa shape index (κ2) is 6.67. The Morgan fingerprint density at radius 3 is 2.42 bits per heavy atom. The van der Waals surface area contributed by atoms with Crippen LogP contribution in [0.1, 0.15) is 11.1 Å². The molecule has 120 valence electrons. The van der Waals surface area contributed by atoms with E-state index in [2.05, 4.69) is 0 Å². The van der Waals surface area contributed by atoms with Crippen molar-refractivity contribution >= 4 is 34.7 Å². The van der Waals surface area contributed by atoms with Crippen LogP contribution < -0.4 is 0 Å². The third-order valence-corrected chi connectivity index (χ3v) is 4.38. The zero-order valence-corrected chi connectivity index (χ0v) is 13.2. The van der Waals surface area contributed by atoms with E-state index in [0.717, 1.165) is 22.2 Å². The van der Waals surface area contributed by atoms with Gasteiger partial charge in [-0.2, -0.15) is 0 Å². The Morgan fingerprint density at radius 2 is 1.71 bits per heavy atom. The fraction of sp³-hybridized carbons (Fsp3) is 0.0588. The Balaban J connectivity index is 1.88. The summed E-state index contributed by atoms with van der Waals surface area (Å²) in [7, 11) is 0. The van der Waals surface area contributed by atoms with Crippen molar-refractivity contribution in [2.45, 2.75) is 6.54 Å². The highest BCUT2D eigenvalue weighted by Gasteiger charge is 2.35. The van der Waals surface area contributed by atoms with E-state index in [1.165, 1.54) is 12.1 Å². The lowest BCUT2D eigenvalue weighted by atomic mass is 10.1. The minimum Gasteiger partial charge on any atom is -0.268 e. The number of para-hydroxylation sites is 1. The van der Waals surface area contributed by atoms with Crippen LogP contribution in [0.15, 0.2) is 59.5 Å². The van der Waals surface area contributed by atoms with Crippen LogP contribution in [0.5, 0.6) is 0 Å². The van der Waals surface area contributed by atoms with Crippen LogP contribution in [0.3, 0.4) is 0 Å². The van der Waals surface area contributed by atoms with E-state index < -0.39 is 10.8 Å². The SMILES string of the molecule is O=C1S/C(=C/c2ccccc2[N+](=O)[O-])C(=O)N1Cc1ccccc1. The van der Waals surface area contributed by atoms with Gasteiger partial charge >= 0.3 is 0 Å². The fourth-order valence-corrected chi connectivity index (χ4v) is 3.15. The molecule has 0 bridgehead atoms. The summed E-state index contributed by atoms with van der Waals surface area (Å²) in [6, 6.07) is 15.3. The Bertz CT molecular complexity index is 849. The fourth-order valence-electron chi connectivity index (χ4n) is 2.32. The first-order valence-electron chi connectivity index (χ1n) is 7.09. The van der Waals surface area contributed by atoms with Gasteiger partial charge in [0.05, 0.1) is 21.9 Å². The predicted molar refractivity (Wildman–Crippen MR) is 91.1 cm³/mol. The van der Waals surface area contributed by atoms with Crippen LogP contribution in [-0.4, -0.2) is 21.0 Å². The molecule has 1 saturated heterocycles. The van der Waals surface area contributed by atoms with Gasteiger partial charge in [-0.05, 0) is 29.5 Å². The number of nitrogens with zero attached hydrogens (tertiary/aromatic N) is 2. The highest BCUT2D eigenvalue weighted by Crippen LogP contribution is 2.34. The maximum Gasteiger partial charge on any atom is 0.293 e. The van der Waals surface area contributed by atoms with E-state index in [0.29, 0.717) is 5.56 Å². The first-order valence-corrected chi connectivity index (χ1v) is 7.90. The predicted octanol–water partition coefficient (Wildman–Crippen LogP) is 3.83. The van der Waals surface area contributed by atoms with E-state index in [9.17, 15) is 19.7 Å². The summed E-state index contributed by atoms with van der Waals surface area (Å²) in [6.07, 6.45) is 1.40. The highest BCUT2D eigenvalue weighted by atomic mass is 32.2. The van der Waals surface area contributed by atoms with E-state index >= 15 is 0 Å². The lowest BCUT2D eigenvalue weighted by molar-refractivity contribution is -0.385. The van der Waals surface area contributed by atoms with Crippen LogP contribution in [0, 0.1) is 10.1 Å². The summed E-state index contributed by atoms with van der Waals surface area (Å²) >= 11 is 0.792. The second-order valence-corrected chi connectivity index (χ2v) is 6.06. The maximum absolute atomic E-state index is 12.5. The number of hydrogen-bond donors (Lipinski definition) is 0. The summed E-state index contributed by atoms with van der Waals surface area (Å²) in [6.45, 7) is 0.180. The van der Waals surface area contributed by atoms with Crippen molar-refractivity contribution in [3.63, 3.8) is 0 Å². The molecule has 3 rings (SSSR count). The van der Waals surface area contributed by atoms with Crippen molar-refractivity contribution in [3.8, 4) is 0 Å². The first-order chi connectivity index (χ1) is 11.6. The smallest absolute Gasteiger partial charge is 0.268 e. The molecular weight excluding hydrogens is 328 g/mol. The van der Waals surface area contributed by atoms with Gasteiger partial charge in [0.15, 0.2) is 0 Å². The topological polar surface area (TPSA) is 80.5 Å². The monoisotopic (exact) mass is 340 g/mol. The zero-order valence-electron chi connectivity index (χ0n) is 12.4. The van der Waals surface area contributed by atoms with Crippen molar-refractivity contribution in [3.05, 3.63) is 80.7 Å². The van der Waals surface area contributed by atoms with Crippen molar-refractivity contribution in [1.82, 2.24) is 4.90 Å². The molecule has 2 amide bonds. The van der Waals surface area contributed by atoms with E-state index in [1.54, 1.807) is 18.2 Å². The number of rotatable bonds is 4. The quantitative estimate of drug-likeness (QED) is 0.480. The number of carbonyl (C=O) groups is 2. The van der Waals surface area contributed by atoms with Crippen LogP contribution in [0.25, 0.3) is 6.08 Å². The minimum atomic E-state index is -0.514. The van der Waals surface area contributed by atoms with Gasteiger partial charge in [0.1, 0.15) is 0 Å². The third-order valence-electron chi connectivity index (χ3n) is 3.48. The molecule has 1 aliphatic rings. The lowest BCUT2D eigenvalue weighted by Crippen LogP contribution is -2.27. The summed E-state index contributed by atoms with van der Waals surface area (Å²) in [5, 5.41) is 10.7. The molecule has 0 atom stereocenters. The molecule has 2 aromatic carbocycles. The second-order valence-electron chi connectivity index (χ2n) is 5.07. The Hall–Kier alpha value is -2.93. The van der Waals surface area contributed by atoms with Crippen LogP contribution >= 0.6 is 11.8 Å². The molecule has 1 fully saturated rings. The van der Waals surface area contributed by atoms with Crippen molar-refractivity contribution in [1.29, 1.82) is 0 Å². The zero-order chi connectivity index (χ0) is 17.1. The average Bonchev–Trinajstić information content (AvgIpc) is 2.84. The summed E-state index contributed by atoms with van der Waals surface area (Å²) in [4.78, 5) is 36.4. The number of nitro benzene ring substituents is 1. The molecule has 1 heterocycles. The summed E-state index contributed by atoms with van der Waals surface area (Å²) in [5.41, 5.74) is 1.03. The molecule has 0 aliphatic carbocycles. The first kappa shape index (κ1) is 15.9. The lowest BCUT2D eigenvalue weighted by Gasteiger charge is -2.12. The molecule has 0 unspecified atom stereocenters. The van der Waals surface area contributed by atoms with Crippen LogP contribution in [0.2, 0.25) is 0 Å². The van der Waals surface area contributed by atoms with E-state index in [-0.39, 0.29) is 22.4 Å².